The first-order valence-corrected chi connectivity index (χ1v) is 12.4. The van der Waals surface area contributed by atoms with Gasteiger partial charge in [0.05, 0.1) is 18.9 Å². The Morgan fingerprint density at radius 2 is 2.00 bits per heavy atom. The van der Waals surface area contributed by atoms with E-state index in [1.807, 2.05) is 30.0 Å². The molecule has 3 aliphatic rings. The van der Waals surface area contributed by atoms with Crippen molar-refractivity contribution in [3.8, 4) is 5.00 Å². The molecular weight excluding hydrogens is 490 g/mol. The van der Waals surface area contributed by atoms with Gasteiger partial charge in [0.1, 0.15) is 17.4 Å². The standard InChI is InChI=1S/C23H22BrN5O2S/c1-13-26-27-19-12-25-21(15-4-2-3-5-17(15)24)20-16-10-14(11-18(16)32-23(20)29(13)19)22(30)28-6-8-31-9-7-28/h2-5,14H,6-12H2,1H3. The second kappa shape index (κ2) is 7.90. The van der Waals surface area contributed by atoms with E-state index in [0.717, 1.165) is 50.8 Å². The molecule has 3 aromatic rings. The third-order valence-corrected chi connectivity index (χ3v) is 8.40. The Labute approximate surface area is 198 Å². The van der Waals surface area contributed by atoms with Crippen LogP contribution in [0, 0.1) is 12.8 Å². The number of morpholine rings is 1. The number of hydrogen-bond donors (Lipinski definition) is 0. The second-order valence-electron chi connectivity index (χ2n) is 8.37. The van der Waals surface area contributed by atoms with Crippen LogP contribution in [0.25, 0.3) is 5.00 Å². The van der Waals surface area contributed by atoms with Gasteiger partial charge in [-0.2, -0.15) is 0 Å². The Kier molecular flexibility index (Phi) is 5.00. The summed E-state index contributed by atoms with van der Waals surface area (Å²) in [5, 5.41) is 9.81. The molecule has 7 nitrogen and oxygen atoms in total. The fraction of sp³-hybridized carbons (Fsp3) is 0.391. The van der Waals surface area contributed by atoms with Crippen molar-refractivity contribution in [3.05, 3.63) is 62.0 Å². The molecule has 1 aliphatic carbocycles. The van der Waals surface area contributed by atoms with Gasteiger partial charge in [0.15, 0.2) is 5.82 Å². The molecule has 6 rings (SSSR count). The third kappa shape index (κ3) is 3.17. The van der Waals surface area contributed by atoms with Crippen LogP contribution in [-0.4, -0.2) is 57.6 Å². The molecule has 2 aromatic heterocycles. The number of rotatable bonds is 2. The van der Waals surface area contributed by atoms with E-state index in [2.05, 4.69) is 36.8 Å². The zero-order chi connectivity index (χ0) is 21.8. The fourth-order valence-corrected chi connectivity index (χ4v) is 6.86. The minimum absolute atomic E-state index is 0.00940. The van der Waals surface area contributed by atoms with Crippen LogP contribution in [0.2, 0.25) is 0 Å². The molecular formula is C23H22BrN5O2S. The van der Waals surface area contributed by atoms with E-state index in [9.17, 15) is 4.79 Å². The van der Waals surface area contributed by atoms with E-state index in [-0.39, 0.29) is 11.8 Å². The van der Waals surface area contributed by atoms with Gasteiger partial charge in [0.2, 0.25) is 5.91 Å². The Balaban J connectivity index is 1.45. The van der Waals surface area contributed by atoms with Gasteiger partial charge >= 0.3 is 0 Å². The minimum atomic E-state index is -0.00940. The molecule has 2 aliphatic heterocycles. The highest BCUT2D eigenvalue weighted by Crippen LogP contribution is 2.43. The number of benzene rings is 1. The number of amides is 1. The lowest BCUT2D eigenvalue weighted by atomic mass is 9.97. The monoisotopic (exact) mass is 511 g/mol. The summed E-state index contributed by atoms with van der Waals surface area (Å²) in [6.07, 6.45) is 1.53. The van der Waals surface area contributed by atoms with Gasteiger partial charge in [0.25, 0.3) is 0 Å². The summed E-state index contributed by atoms with van der Waals surface area (Å²) in [6, 6.07) is 8.20. The predicted molar refractivity (Wildman–Crippen MR) is 126 cm³/mol. The summed E-state index contributed by atoms with van der Waals surface area (Å²) in [6.45, 7) is 5.10. The molecule has 4 heterocycles. The summed E-state index contributed by atoms with van der Waals surface area (Å²) in [7, 11) is 0. The van der Waals surface area contributed by atoms with Gasteiger partial charge in [-0.3, -0.25) is 14.4 Å². The van der Waals surface area contributed by atoms with Crippen LogP contribution in [0.15, 0.2) is 33.7 Å². The summed E-state index contributed by atoms with van der Waals surface area (Å²) in [5.41, 5.74) is 4.42. The van der Waals surface area contributed by atoms with Crippen LogP contribution in [0.4, 0.5) is 0 Å². The van der Waals surface area contributed by atoms with Crippen molar-refractivity contribution in [2.24, 2.45) is 10.9 Å². The number of carbonyl (C=O) groups is 1. The lowest BCUT2D eigenvalue weighted by Crippen LogP contribution is -2.44. The first kappa shape index (κ1) is 20.3. The van der Waals surface area contributed by atoms with E-state index in [4.69, 9.17) is 9.73 Å². The number of fused-ring (bicyclic) bond motifs is 5. The molecule has 1 unspecified atom stereocenters. The third-order valence-electron chi connectivity index (χ3n) is 6.47. The molecule has 0 N–H and O–H groups in total. The van der Waals surface area contributed by atoms with Gasteiger partial charge in [-0.05, 0) is 31.4 Å². The number of thiophene rings is 1. The number of nitrogens with zero attached hydrogens (tertiary/aromatic N) is 5. The van der Waals surface area contributed by atoms with Crippen LogP contribution >= 0.6 is 27.3 Å². The van der Waals surface area contributed by atoms with Gasteiger partial charge in [0, 0.05) is 39.5 Å². The Morgan fingerprint density at radius 1 is 1.19 bits per heavy atom. The quantitative estimate of drug-likeness (QED) is 0.528. The first-order chi connectivity index (χ1) is 15.6. The summed E-state index contributed by atoms with van der Waals surface area (Å²) >= 11 is 5.48. The number of carbonyl (C=O) groups excluding carboxylic acids is 1. The highest BCUT2D eigenvalue weighted by molar-refractivity contribution is 9.10. The Bertz CT molecular complexity index is 1260. The van der Waals surface area contributed by atoms with Gasteiger partial charge < -0.3 is 9.64 Å². The molecule has 1 saturated heterocycles. The molecule has 0 spiro atoms. The average Bonchev–Trinajstić information content (AvgIpc) is 3.45. The van der Waals surface area contributed by atoms with Crippen LogP contribution in [0.3, 0.4) is 0 Å². The smallest absolute Gasteiger partial charge is 0.226 e. The number of aliphatic imine (C=N–C) groups is 1. The number of aromatic nitrogens is 3. The predicted octanol–water partition coefficient (Wildman–Crippen LogP) is 3.32. The zero-order valence-corrected chi connectivity index (χ0v) is 20.1. The molecule has 0 bridgehead atoms. The molecule has 1 atom stereocenters. The molecule has 9 heteroatoms. The van der Waals surface area contributed by atoms with Crippen molar-refractivity contribution in [1.82, 2.24) is 19.7 Å². The Hall–Kier alpha value is -2.36. The van der Waals surface area contributed by atoms with Crippen LogP contribution < -0.4 is 0 Å². The van der Waals surface area contributed by atoms with Crippen LogP contribution in [-0.2, 0) is 28.9 Å². The van der Waals surface area contributed by atoms with Gasteiger partial charge in [-0.15, -0.1) is 21.5 Å². The highest BCUT2D eigenvalue weighted by Gasteiger charge is 2.38. The number of aryl methyl sites for hydroxylation is 1. The molecule has 32 heavy (non-hydrogen) atoms. The van der Waals surface area contributed by atoms with Crippen molar-refractivity contribution < 1.29 is 9.53 Å². The molecule has 1 fully saturated rings. The van der Waals surface area contributed by atoms with E-state index in [1.54, 1.807) is 11.3 Å². The SMILES string of the molecule is Cc1nnc2n1-c1sc3c(c1C(c1ccccc1Br)=NC2)CC(C(=O)N1CCOCC1)C3. The van der Waals surface area contributed by atoms with E-state index < -0.39 is 0 Å². The highest BCUT2D eigenvalue weighted by atomic mass is 79.9. The molecule has 0 radical (unpaired) electrons. The average molecular weight is 512 g/mol. The van der Waals surface area contributed by atoms with Crippen molar-refractivity contribution in [1.29, 1.82) is 0 Å². The van der Waals surface area contributed by atoms with Crippen molar-refractivity contribution in [2.45, 2.75) is 26.3 Å². The van der Waals surface area contributed by atoms with E-state index in [1.165, 1.54) is 10.4 Å². The summed E-state index contributed by atoms with van der Waals surface area (Å²) < 4.78 is 8.59. The second-order valence-corrected chi connectivity index (χ2v) is 10.3. The van der Waals surface area contributed by atoms with Crippen molar-refractivity contribution in [2.75, 3.05) is 26.3 Å². The largest absolute Gasteiger partial charge is 0.378 e. The summed E-state index contributed by atoms with van der Waals surface area (Å²) in [5.74, 6) is 1.96. The molecule has 1 amide bonds. The Morgan fingerprint density at radius 3 is 2.81 bits per heavy atom. The van der Waals surface area contributed by atoms with Gasteiger partial charge in [-0.25, -0.2) is 0 Å². The van der Waals surface area contributed by atoms with E-state index >= 15 is 0 Å². The maximum atomic E-state index is 13.2. The number of ether oxygens (including phenoxy) is 1. The van der Waals surface area contributed by atoms with Crippen molar-refractivity contribution in [3.63, 3.8) is 0 Å². The maximum absolute atomic E-state index is 13.2. The zero-order valence-electron chi connectivity index (χ0n) is 17.7. The lowest BCUT2D eigenvalue weighted by molar-refractivity contribution is -0.139. The fourth-order valence-electron chi connectivity index (χ4n) is 4.91. The molecule has 0 saturated carbocycles. The molecule has 1 aromatic carbocycles. The number of hydrogen-bond acceptors (Lipinski definition) is 6. The van der Waals surface area contributed by atoms with Crippen LogP contribution in [0.5, 0.6) is 0 Å². The maximum Gasteiger partial charge on any atom is 0.226 e. The summed E-state index contributed by atoms with van der Waals surface area (Å²) in [4.78, 5) is 21.5. The first-order valence-electron chi connectivity index (χ1n) is 10.8. The minimum Gasteiger partial charge on any atom is -0.378 e. The topological polar surface area (TPSA) is 72.6 Å². The molecule has 164 valence electrons. The van der Waals surface area contributed by atoms with E-state index in [0.29, 0.717) is 32.8 Å². The van der Waals surface area contributed by atoms with Crippen molar-refractivity contribution >= 4 is 38.9 Å². The van der Waals surface area contributed by atoms with Gasteiger partial charge in [-0.1, -0.05) is 34.1 Å². The number of halogens is 1. The normalized spacial score (nSPS) is 19.8. The van der Waals surface area contributed by atoms with Crippen LogP contribution in [0.1, 0.15) is 33.2 Å². The lowest BCUT2D eigenvalue weighted by Gasteiger charge is -2.29.